The van der Waals surface area contributed by atoms with Gasteiger partial charge in [0, 0.05) is 20.4 Å². The van der Waals surface area contributed by atoms with E-state index in [0.717, 1.165) is 17.0 Å². The first-order chi connectivity index (χ1) is 9.56. The summed E-state index contributed by atoms with van der Waals surface area (Å²) in [5, 5.41) is 0.319. The third kappa shape index (κ3) is 3.23. The molecule has 5 nitrogen and oxygen atoms in total. The summed E-state index contributed by atoms with van der Waals surface area (Å²) in [5.74, 6) is 0.745. The highest BCUT2D eigenvalue weighted by molar-refractivity contribution is 6.31. The lowest BCUT2D eigenvalue weighted by Gasteiger charge is -2.17. The number of nitrogens with zero attached hydrogens (tertiary/aromatic N) is 3. The van der Waals surface area contributed by atoms with Crippen LogP contribution in [0.1, 0.15) is 18.1 Å². The van der Waals surface area contributed by atoms with Gasteiger partial charge in [-0.3, -0.25) is 0 Å². The summed E-state index contributed by atoms with van der Waals surface area (Å²) >= 11 is 12.2. The van der Waals surface area contributed by atoms with Gasteiger partial charge in [-0.25, -0.2) is 9.97 Å². The van der Waals surface area contributed by atoms with Gasteiger partial charge >= 0.3 is 0 Å². The monoisotopic (exact) mass is 317 g/mol. The zero-order chi connectivity index (χ0) is 14.7. The highest BCUT2D eigenvalue weighted by atomic mass is 35.5. The smallest absolute Gasteiger partial charge is 0.160 e. The first-order valence-electron chi connectivity index (χ1n) is 6.24. The molecule has 0 aliphatic carbocycles. The molecule has 0 amide bonds. The maximum Gasteiger partial charge on any atom is 0.160 e. The zero-order valence-corrected chi connectivity index (χ0v) is 13.1. The number of hydrogen-bond donors (Lipinski definition) is 0. The van der Waals surface area contributed by atoms with Gasteiger partial charge in [0.05, 0.1) is 29.7 Å². The predicted octanol–water partition coefficient (Wildman–Crippen LogP) is 3.05. The first-order valence-corrected chi connectivity index (χ1v) is 7.05. The molecule has 0 aliphatic heterocycles. The SMILES string of the molecule is COCC(Cn1c(C(C)Cl)nc2cc(Cl)cnc21)OC. The molecule has 2 unspecified atom stereocenters. The molecule has 0 bridgehead atoms. The van der Waals surface area contributed by atoms with Gasteiger partial charge in [-0.2, -0.15) is 0 Å². The van der Waals surface area contributed by atoms with E-state index in [9.17, 15) is 0 Å². The van der Waals surface area contributed by atoms with Crippen molar-refractivity contribution in [3.8, 4) is 0 Å². The van der Waals surface area contributed by atoms with Gasteiger partial charge in [-0.15, -0.1) is 11.6 Å². The molecule has 0 aliphatic rings. The minimum Gasteiger partial charge on any atom is -0.382 e. The van der Waals surface area contributed by atoms with Gasteiger partial charge in [-0.1, -0.05) is 11.6 Å². The van der Waals surface area contributed by atoms with Crippen molar-refractivity contribution < 1.29 is 9.47 Å². The normalized spacial score (nSPS) is 14.7. The molecule has 20 heavy (non-hydrogen) atoms. The van der Waals surface area contributed by atoms with Crippen molar-refractivity contribution in [2.45, 2.75) is 24.9 Å². The highest BCUT2D eigenvalue weighted by Gasteiger charge is 2.19. The van der Waals surface area contributed by atoms with Crippen LogP contribution in [0, 0.1) is 0 Å². The van der Waals surface area contributed by atoms with Gasteiger partial charge in [0.15, 0.2) is 5.65 Å². The molecule has 7 heteroatoms. The van der Waals surface area contributed by atoms with E-state index < -0.39 is 0 Å². The molecular weight excluding hydrogens is 301 g/mol. The Hall–Kier alpha value is -0.880. The van der Waals surface area contributed by atoms with Gasteiger partial charge < -0.3 is 14.0 Å². The zero-order valence-electron chi connectivity index (χ0n) is 11.6. The van der Waals surface area contributed by atoms with Crippen LogP contribution < -0.4 is 0 Å². The Morgan fingerprint density at radius 2 is 2.15 bits per heavy atom. The van der Waals surface area contributed by atoms with Gasteiger partial charge in [0.2, 0.25) is 0 Å². The largest absolute Gasteiger partial charge is 0.382 e. The summed E-state index contributed by atoms with van der Waals surface area (Å²) in [6.07, 6.45) is 1.51. The Kier molecular flexibility index (Phi) is 5.21. The van der Waals surface area contributed by atoms with Crippen molar-refractivity contribution in [3.05, 3.63) is 23.1 Å². The molecule has 2 aromatic heterocycles. The second-order valence-electron chi connectivity index (χ2n) is 4.51. The number of pyridine rings is 1. The van der Waals surface area contributed by atoms with E-state index in [-0.39, 0.29) is 11.5 Å². The van der Waals surface area contributed by atoms with E-state index in [1.54, 1.807) is 26.5 Å². The van der Waals surface area contributed by atoms with E-state index in [1.807, 2.05) is 11.5 Å². The summed E-state index contributed by atoms with van der Waals surface area (Å²) in [5.41, 5.74) is 1.47. The quantitative estimate of drug-likeness (QED) is 0.768. The molecule has 0 N–H and O–H groups in total. The summed E-state index contributed by atoms with van der Waals surface area (Å²) in [7, 11) is 3.29. The van der Waals surface area contributed by atoms with Gasteiger partial charge in [0.25, 0.3) is 0 Å². The number of rotatable bonds is 6. The number of ether oxygens (including phenoxy) is 2. The first kappa shape index (κ1) is 15.5. The maximum absolute atomic E-state index is 6.21. The van der Waals surface area contributed by atoms with Crippen LogP contribution in [0.25, 0.3) is 11.2 Å². The van der Waals surface area contributed by atoms with E-state index >= 15 is 0 Å². The summed E-state index contributed by atoms with van der Waals surface area (Å²) in [6.45, 7) is 2.93. The average Bonchev–Trinajstić information content (AvgIpc) is 2.76. The maximum atomic E-state index is 6.21. The molecule has 2 heterocycles. The topological polar surface area (TPSA) is 49.2 Å². The molecule has 0 radical (unpaired) electrons. The Morgan fingerprint density at radius 3 is 2.75 bits per heavy atom. The molecular formula is C13H17Cl2N3O2. The predicted molar refractivity (Wildman–Crippen MR) is 79.5 cm³/mol. The fourth-order valence-corrected chi connectivity index (χ4v) is 2.39. The molecule has 2 aromatic rings. The van der Waals surface area contributed by atoms with Crippen LogP contribution in [0.4, 0.5) is 0 Å². The second-order valence-corrected chi connectivity index (χ2v) is 5.60. The molecule has 0 spiro atoms. The summed E-state index contributed by atoms with van der Waals surface area (Å²) in [6, 6.07) is 1.78. The van der Waals surface area contributed by atoms with E-state index in [0.29, 0.717) is 18.2 Å². The number of methoxy groups -OCH3 is 2. The van der Waals surface area contributed by atoms with Crippen molar-refractivity contribution >= 4 is 34.4 Å². The van der Waals surface area contributed by atoms with Crippen LogP contribution in [0.2, 0.25) is 5.02 Å². The lowest BCUT2D eigenvalue weighted by atomic mass is 10.3. The molecule has 0 fully saturated rings. The number of fused-ring (bicyclic) bond motifs is 1. The lowest BCUT2D eigenvalue weighted by Crippen LogP contribution is -2.25. The number of hydrogen-bond acceptors (Lipinski definition) is 4. The standard InChI is InChI=1S/C13H17Cl2N3O2/c1-8(14)12-17-11-4-9(15)5-16-13(11)18(12)6-10(20-3)7-19-2/h4-5,8,10H,6-7H2,1-3H3. The highest BCUT2D eigenvalue weighted by Crippen LogP contribution is 2.25. The molecule has 110 valence electrons. The van der Waals surface area contributed by atoms with E-state index in [2.05, 4.69) is 9.97 Å². The van der Waals surface area contributed by atoms with Crippen LogP contribution >= 0.6 is 23.2 Å². The number of aromatic nitrogens is 3. The third-order valence-electron chi connectivity index (χ3n) is 3.01. The van der Waals surface area contributed by atoms with Gasteiger partial charge in [0.1, 0.15) is 11.3 Å². The molecule has 0 saturated heterocycles. The minimum absolute atomic E-state index is 0.0935. The van der Waals surface area contributed by atoms with Crippen molar-refractivity contribution in [1.82, 2.24) is 14.5 Å². The molecule has 0 saturated carbocycles. The van der Waals surface area contributed by atoms with Gasteiger partial charge in [-0.05, 0) is 13.0 Å². The minimum atomic E-state index is -0.233. The lowest BCUT2D eigenvalue weighted by molar-refractivity contribution is 0.0185. The fourth-order valence-electron chi connectivity index (χ4n) is 2.07. The van der Waals surface area contributed by atoms with Crippen LogP contribution in [0.3, 0.4) is 0 Å². The number of halogens is 2. The second kappa shape index (κ2) is 6.72. The van der Waals surface area contributed by atoms with Crippen LogP contribution in [-0.4, -0.2) is 41.5 Å². The molecule has 0 aromatic carbocycles. The Balaban J connectivity index is 2.45. The van der Waals surface area contributed by atoms with Crippen LogP contribution in [0.15, 0.2) is 12.3 Å². The Bertz CT molecular complexity index is 586. The Morgan fingerprint density at radius 1 is 1.40 bits per heavy atom. The van der Waals surface area contributed by atoms with E-state index in [4.69, 9.17) is 32.7 Å². The van der Waals surface area contributed by atoms with Crippen molar-refractivity contribution in [2.75, 3.05) is 20.8 Å². The number of alkyl halides is 1. The number of imidazole rings is 1. The average molecular weight is 318 g/mol. The molecule has 2 rings (SSSR count). The summed E-state index contributed by atoms with van der Waals surface area (Å²) < 4.78 is 12.5. The van der Waals surface area contributed by atoms with Crippen molar-refractivity contribution in [1.29, 1.82) is 0 Å². The van der Waals surface area contributed by atoms with Crippen LogP contribution in [0.5, 0.6) is 0 Å². The van der Waals surface area contributed by atoms with Crippen molar-refractivity contribution in [3.63, 3.8) is 0 Å². The Labute approximate surface area is 127 Å². The molecule has 2 atom stereocenters. The van der Waals surface area contributed by atoms with E-state index in [1.165, 1.54) is 0 Å². The summed E-state index contributed by atoms with van der Waals surface area (Å²) in [4.78, 5) is 8.85. The fraction of sp³-hybridized carbons (Fsp3) is 0.538. The third-order valence-corrected chi connectivity index (χ3v) is 3.41. The van der Waals surface area contributed by atoms with Crippen molar-refractivity contribution in [2.24, 2.45) is 0 Å². The van der Waals surface area contributed by atoms with Crippen LogP contribution in [-0.2, 0) is 16.0 Å².